The zero-order valence-electron chi connectivity index (χ0n) is 12.6. The van der Waals surface area contributed by atoms with Crippen LogP contribution in [0.15, 0.2) is 18.3 Å². The van der Waals surface area contributed by atoms with Crippen LogP contribution >= 0.6 is 34.5 Å². The van der Waals surface area contributed by atoms with Crippen molar-refractivity contribution >= 4 is 34.5 Å². The van der Waals surface area contributed by atoms with E-state index in [0.29, 0.717) is 6.04 Å². The Morgan fingerprint density at radius 2 is 2.14 bits per heavy atom. The predicted molar refractivity (Wildman–Crippen MR) is 91.7 cm³/mol. The molecule has 0 aromatic carbocycles. The monoisotopic (exact) mass is 345 g/mol. The van der Waals surface area contributed by atoms with Crippen molar-refractivity contribution in [2.75, 3.05) is 6.54 Å². The van der Waals surface area contributed by atoms with Crippen LogP contribution in [-0.4, -0.2) is 16.3 Å². The van der Waals surface area contributed by atoms with Crippen molar-refractivity contribution in [2.45, 2.75) is 45.7 Å². The van der Waals surface area contributed by atoms with E-state index in [4.69, 9.17) is 23.2 Å². The summed E-state index contributed by atoms with van der Waals surface area (Å²) in [6.45, 7) is 7.34. The summed E-state index contributed by atoms with van der Waals surface area (Å²) in [5.74, 6) is 0. The van der Waals surface area contributed by atoms with E-state index in [1.807, 2.05) is 16.9 Å². The lowest BCUT2D eigenvalue weighted by Gasteiger charge is -2.17. The molecule has 21 heavy (non-hydrogen) atoms. The van der Waals surface area contributed by atoms with Crippen LogP contribution in [0.4, 0.5) is 0 Å². The lowest BCUT2D eigenvalue weighted by atomic mass is 10.1. The van der Waals surface area contributed by atoms with E-state index in [0.717, 1.165) is 39.3 Å². The van der Waals surface area contributed by atoms with E-state index in [9.17, 15) is 0 Å². The molecule has 1 N–H and O–H groups in total. The van der Waals surface area contributed by atoms with Gasteiger partial charge in [-0.15, -0.1) is 11.3 Å². The molecule has 0 amide bonds. The van der Waals surface area contributed by atoms with E-state index < -0.39 is 0 Å². The van der Waals surface area contributed by atoms with Gasteiger partial charge in [0.05, 0.1) is 14.4 Å². The molecule has 0 aliphatic carbocycles. The molecule has 2 aromatic heterocycles. The molecule has 2 heterocycles. The number of nitrogens with zero attached hydrogens (tertiary/aromatic N) is 2. The Morgan fingerprint density at radius 3 is 2.67 bits per heavy atom. The molecule has 0 spiro atoms. The maximum absolute atomic E-state index is 6.31. The molecule has 0 fully saturated rings. The summed E-state index contributed by atoms with van der Waals surface area (Å²) in [7, 11) is 0. The van der Waals surface area contributed by atoms with Crippen molar-refractivity contribution in [3.63, 3.8) is 0 Å². The molecule has 2 rings (SSSR count). The maximum atomic E-state index is 6.31. The van der Waals surface area contributed by atoms with Gasteiger partial charge in [-0.1, -0.05) is 30.1 Å². The Morgan fingerprint density at radius 1 is 1.38 bits per heavy atom. The second-order valence-corrected chi connectivity index (χ2v) is 7.66. The summed E-state index contributed by atoms with van der Waals surface area (Å²) in [5.41, 5.74) is 2.13. The largest absolute Gasteiger partial charge is 0.310 e. The van der Waals surface area contributed by atoms with Gasteiger partial charge >= 0.3 is 0 Å². The smallest absolute Gasteiger partial charge is 0.0992 e. The zero-order valence-corrected chi connectivity index (χ0v) is 14.9. The van der Waals surface area contributed by atoms with Crippen molar-refractivity contribution in [3.8, 4) is 0 Å². The van der Waals surface area contributed by atoms with Crippen molar-refractivity contribution in [3.05, 3.63) is 38.3 Å². The molecule has 0 aliphatic heterocycles. The van der Waals surface area contributed by atoms with Crippen LogP contribution in [0.3, 0.4) is 0 Å². The van der Waals surface area contributed by atoms with Gasteiger partial charge < -0.3 is 5.32 Å². The summed E-state index contributed by atoms with van der Waals surface area (Å²) in [5, 5.41) is 8.16. The molecule has 0 saturated carbocycles. The summed E-state index contributed by atoms with van der Waals surface area (Å²) in [6.07, 6.45) is 3.91. The van der Waals surface area contributed by atoms with Gasteiger partial charge in [-0.3, -0.25) is 4.68 Å². The Balaban J connectivity index is 2.17. The Kier molecular flexibility index (Phi) is 6.11. The highest BCUT2D eigenvalue weighted by Crippen LogP contribution is 2.36. The number of hydrogen-bond acceptors (Lipinski definition) is 3. The molecule has 6 heteroatoms. The first-order valence-electron chi connectivity index (χ1n) is 7.23. The molecule has 1 unspecified atom stereocenters. The van der Waals surface area contributed by atoms with Gasteiger partial charge in [0.1, 0.15) is 0 Å². The second-order valence-electron chi connectivity index (χ2n) is 5.37. The van der Waals surface area contributed by atoms with Gasteiger partial charge in [0.2, 0.25) is 0 Å². The van der Waals surface area contributed by atoms with E-state index in [2.05, 4.69) is 37.3 Å². The Hall–Kier alpha value is -0.550. The molecule has 2 aromatic rings. The Bertz CT molecular complexity index is 577. The standard InChI is InChI=1S/C15H21Cl2N3S/c1-4-6-18-13(12-9-14(16)21-15(12)17)8-11-5-7-20(19-11)10(2)3/h5,7,9-10,13,18H,4,6,8H2,1-3H3. The average Bonchev–Trinajstić information content (AvgIpc) is 3.01. The van der Waals surface area contributed by atoms with Gasteiger partial charge in [0.15, 0.2) is 0 Å². The third kappa shape index (κ3) is 4.46. The molecular formula is C15H21Cl2N3S. The highest BCUT2D eigenvalue weighted by atomic mass is 35.5. The van der Waals surface area contributed by atoms with Gasteiger partial charge in [0.25, 0.3) is 0 Å². The van der Waals surface area contributed by atoms with Crippen LogP contribution < -0.4 is 5.32 Å². The van der Waals surface area contributed by atoms with Gasteiger partial charge in [-0.25, -0.2) is 0 Å². The summed E-state index contributed by atoms with van der Waals surface area (Å²) in [6, 6.07) is 4.56. The normalized spacial score (nSPS) is 13.0. The van der Waals surface area contributed by atoms with E-state index in [1.54, 1.807) is 0 Å². The molecule has 116 valence electrons. The molecule has 1 atom stereocenters. The van der Waals surface area contributed by atoms with Crippen LogP contribution in [-0.2, 0) is 6.42 Å². The zero-order chi connectivity index (χ0) is 15.4. The number of rotatable bonds is 7. The minimum Gasteiger partial charge on any atom is -0.310 e. The van der Waals surface area contributed by atoms with E-state index in [1.165, 1.54) is 11.3 Å². The first-order valence-corrected chi connectivity index (χ1v) is 8.80. The Labute approximate surface area is 140 Å². The third-order valence-corrected chi connectivity index (χ3v) is 4.82. The SMILES string of the molecule is CCCNC(Cc1ccn(C(C)C)n1)c1cc(Cl)sc1Cl. The predicted octanol–water partition coefficient (Wildman–Crippen LogP) is 5.12. The number of aromatic nitrogens is 2. The van der Waals surface area contributed by atoms with Crippen molar-refractivity contribution < 1.29 is 0 Å². The van der Waals surface area contributed by atoms with Crippen LogP contribution in [0, 0.1) is 0 Å². The fourth-order valence-corrected chi connectivity index (χ4v) is 3.76. The van der Waals surface area contributed by atoms with Crippen LogP contribution in [0.5, 0.6) is 0 Å². The van der Waals surface area contributed by atoms with Crippen LogP contribution in [0.25, 0.3) is 0 Å². The van der Waals surface area contributed by atoms with Gasteiger partial charge in [0, 0.05) is 30.3 Å². The third-order valence-electron chi connectivity index (χ3n) is 3.31. The lowest BCUT2D eigenvalue weighted by molar-refractivity contribution is 0.500. The first-order chi connectivity index (χ1) is 10.0. The number of nitrogens with one attached hydrogen (secondary N) is 1. The van der Waals surface area contributed by atoms with Crippen molar-refractivity contribution in [1.29, 1.82) is 0 Å². The van der Waals surface area contributed by atoms with Crippen LogP contribution in [0.2, 0.25) is 8.67 Å². The maximum Gasteiger partial charge on any atom is 0.0992 e. The fraction of sp³-hybridized carbons (Fsp3) is 0.533. The van der Waals surface area contributed by atoms with Crippen molar-refractivity contribution in [1.82, 2.24) is 15.1 Å². The highest BCUT2D eigenvalue weighted by Gasteiger charge is 2.19. The summed E-state index contributed by atoms with van der Waals surface area (Å²) < 4.78 is 3.47. The lowest BCUT2D eigenvalue weighted by Crippen LogP contribution is -2.24. The van der Waals surface area contributed by atoms with Crippen molar-refractivity contribution in [2.24, 2.45) is 0 Å². The van der Waals surface area contributed by atoms with E-state index in [-0.39, 0.29) is 6.04 Å². The topological polar surface area (TPSA) is 29.9 Å². The first kappa shape index (κ1) is 16.8. The quantitative estimate of drug-likeness (QED) is 0.754. The minimum absolute atomic E-state index is 0.150. The van der Waals surface area contributed by atoms with Gasteiger partial charge in [-0.2, -0.15) is 5.10 Å². The van der Waals surface area contributed by atoms with Gasteiger partial charge in [-0.05, 0) is 38.9 Å². The summed E-state index contributed by atoms with van der Waals surface area (Å²) in [4.78, 5) is 0. The molecule has 3 nitrogen and oxygen atoms in total. The fourth-order valence-electron chi connectivity index (χ4n) is 2.18. The number of hydrogen-bond donors (Lipinski definition) is 1. The second kappa shape index (κ2) is 7.63. The summed E-state index contributed by atoms with van der Waals surface area (Å²) >= 11 is 13.8. The van der Waals surface area contributed by atoms with E-state index >= 15 is 0 Å². The minimum atomic E-state index is 0.150. The molecular weight excluding hydrogens is 325 g/mol. The van der Waals surface area contributed by atoms with Crippen LogP contribution in [0.1, 0.15) is 50.5 Å². The molecule has 0 saturated heterocycles. The number of halogens is 2. The average molecular weight is 346 g/mol. The molecule has 0 bridgehead atoms. The molecule has 0 aliphatic rings. The molecule has 0 radical (unpaired) electrons. The highest BCUT2D eigenvalue weighted by molar-refractivity contribution is 7.20. The number of thiophene rings is 1.